The van der Waals surface area contributed by atoms with Crippen molar-refractivity contribution in [1.29, 1.82) is 0 Å². The van der Waals surface area contributed by atoms with Gasteiger partial charge in [-0.3, -0.25) is 38.6 Å². The average molecular weight is 1200 g/mol. The van der Waals surface area contributed by atoms with Crippen molar-refractivity contribution < 1.29 is 51.4 Å². The standard InChI is InChI=1S/C58H71F3N10O8.3ClH/c1-34-28-69(43(26-63-34)30-68-19-22-79-32-35(68)2)31-50(73)71-33-58(4,45-16-11-38(24-48(45)71)23-37-9-12-41(59)13-10-37)57(77)64-27-49(72)65-42-14-15-44-40(25-42)29-70(53(44)55(75)67-52-46(60)7-6-8-47(52)61)56(76)51(39-17-20-78-21-18-39)66-54(74)36(3)62-5;;;/h6-16,24-25,34-36,39,43,51,53,62-63H,17-23,26-33H2,1-5H3,(H,64,77)(H,65,72)(H,66,74)(H,67,75);3*1H/t34-,35-,36+,43-,51+,53+,58-;;;/m1.../s1. The number of hydrogen-bond donors (Lipinski definition) is 6. The molecule has 0 radical (unpaired) electrons. The van der Waals surface area contributed by atoms with Crippen molar-refractivity contribution in [3.05, 3.63) is 124 Å². The van der Waals surface area contributed by atoms with E-state index in [1.807, 2.05) is 18.2 Å². The Morgan fingerprint density at radius 2 is 1.55 bits per heavy atom. The zero-order chi connectivity index (χ0) is 56.1. The van der Waals surface area contributed by atoms with Gasteiger partial charge in [0.2, 0.25) is 29.5 Å². The molecule has 3 saturated heterocycles. The lowest BCUT2D eigenvalue weighted by molar-refractivity contribution is -0.144. The lowest BCUT2D eigenvalue weighted by atomic mass is 9.83. The zero-order valence-electron chi connectivity index (χ0n) is 46.6. The number of amides is 6. The highest BCUT2D eigenvalue weighted by molar-refractivity contribution is 6.05. The fourth-order valence-corrected chi connectivity index (χ4v) is 11.5. The molecule has 6 N–H and O–H groups in total. The first-order chi connectivity index (χ1) is 37.9. The molecule has 6 amide bonds. The van der Waals surface area contributed by atoms with E-state index in [1.165, 1.54) is 23.1 Å². The van der Waals surface area contributed by atoms with E-state index in [9.17, 15) is 41.9 Å². The number of carbonyl (C=O) groups is 6. The summed E-state index contributed by atoms with van der Waals surface area (Å²) in [5.74, 6) is -5.92. The minimum Gasteiger partial charge on any atom is -0.381 e. The van der Waals surface area contributed by atoms with E-state index in [1.54, 1.807) is 50.1 Å². The number of likely N-dealkylation sites (N-methyl/N-ethyl adjacent to an activating group) is 1. The van der Waals surface area contributed by atoms with E-state index in [0.29, 0.717) is 81.2 Å². The second-order valence-corrected chi connectivity index (χ2v) is 21.8. The normalized spacial score (nSPS) is 22.4. The van der Waals surface area contributed by atoms with Gasteiger partial charge in [0.15, 0.2) is 0 Å². The highest BCUT2D eigenvalue weighted by Crippen LogP contribution is 2.43. The van der Waals surface area contributed by atoms with Crippen molar-refractivity contribution in [2.45, 2.75) is 95.2 Å². The van der Waals surface area contributed by atoms with Crippen LogP contribution in [-0.2, 0) is 56.6 Å². The Kier molecular flexibility index (Phi) is 22.8. The van der Waals surface area contributed by atoms with Gasteiger partial charge in [-0.1, -0.05) is 36.4 Å². The number of hydrogen-bond acceptors (Lipinski definition) is 12. The third-order valence-electron chi connectivity index (χ3n) is 16.2. The van der Waals surface area contributed by atoms with Crippen LogP contribution >= 0.6 is 37.2 Å². The molecule has 18 nitrogen and oxygen atoms in total. The molecule has 0 bridgehead atoms. The van der Waals surface area contributed by atoms with Crippen LogP contribution in [0.2, 0.25) is 0 Å². The van der Waals surface area contributed by atoms with E-state index in [0.717, 1.165) is 42.4 Å². The summed E-state index contributed by atoms with van der Waals surface area (Å²) in [6, 6.07) is 17.0. The van der Waals surface area contributed by atoms with Crippen LogP contribution in [0.1, 0.15) is 74.4 Å². The molecule has 0 aliphatic carbocycles. The third-order valence-corrected chi connectivity index (χ3v) is 16.2. The minimum absolute atomic E-state index is 0. The van der Waals surface area contributed by atoms with Crippen molar-refractivity contribution in [2.75, 3.05) is 94.8 Å². The molecule has 446 valence electrons. The minimum atomic E-state index is -1.40. The predicted octanol–water partition coefficient (Wildman–Crippen LogP) is 5.24. The molecule has 5 heterocycles. The van der Waals surface area contributed by atoms with Crippen molar-refractivity contribution >= 4 is 89.7 Å². The van der Waals surface area contributed by atoms with Crippen LogP contribution in [0.25, 0.3) is 0 Å². The van der Waals surface area contributed by atoms with E-state index in [4.69, 9.17) is 9.47 Å². The Labute approximate surface area is 494 Å². The molecule has 4 aromatic rings. The Bertz CT molecular complexity index is 2930. The molecular weight excluding hydrogens is 1130 g/mol. The van der Waals surface area contributed by atoms with Gasteiger partial charge in [0, 0.05) is 82.0 Å². The smallest absolute Gasteiger partial charge is 0.252 e. The van der Waals surface area contributed by atoms with Crippen LogP contribution in [0.4, 0.5) is 30.2 Å². The maximum absolute atomic E-state index is 14.9. The molecule has 82 heavy (non-hydrogen) atoms. The maximum Gasteiger partial charge on any atom is 0.252 e. The van der Waals surface area contributed by atoms with Crippen molar-refractivity contribution in [1.82, 2.24) is 36.0 Å². The average Bonchev–Trinajstić information content (AvgIpc) is 3.97. The van der Waals surface area contributed by atoms with Gasteiger partial charge in [0.05, 0.1) is 37.8 Å². The fourth-order valence-electron chi connectivity index (χ4n) is 11.5. The van der Waals surface area contributed by atoms with E-state index >= 15 is 0 Å². The van der Waals surface area contributed by atoms with Gasteiger partial charge in [-0.2, -0.15) is 0 Å². The van der Waals surface area contributed by atoms with Crippen molar-refractivity contribution in [3.63, 3.8) is 0 Å². The Hall–Kier alpha value is -5.88. The number of para-hydroxylation sites is 1. The number of halogens is 6. The summed E-state index contributed by atoms with van der Waals surface area (Å²) in [5.41, 5.74) is 2.00. The molecule has 24 heteroatoms. The highest BCUT2D eigenvalue weighted by Gasteiger charge is 2.48. The number of ether oxygens (including phenoxy) is 2. The second-order valence-electron chi connectivity index (χ2n) is 21.8. The zero-order valence-corrected chi connectivity index (χ0v) is 49.0. The molecule has 7 atom stereocenters. The largest absolute Gasteiger partial charge is 0.381 e. The molecule has 4 aromatic carbocycles. The molecule has 0 saturated carbocycles. The van der Waals surface area contributed by atoms with Gasteiger partial charge < -0.3 is 51.2 Å². The van der Waals surface area contributed by atoms with E-state index < -0.39 is 76.9 Å². The second kappa shape index (κ2) is 28.6. The number of nitrogens with zero attached hydrogens (tertiary/aromatic N) is 4. The van der Waals surface area contributed by atoms with Gasteiger partial charge in [0.25, 0.3) is 5.91 Å². The molecule has 3 fully saturated rings. The third kappa shape index (κ3) is 14.7. The Balaban J connectivity index is 0.00000360. The van der Waals surface area contributed by atoms with Gasteiger partial charge in [-0.25, -0.2) is 13.2 Å². The molecular formula is C58H74Cl3F3N10O8. The number of rotatable bonds is 17. The van der Waals surface area contributed by atoms with Gasteiger partial charge in [0.1, 0.15) is 35.2 Å². The summed E-state index contributed by atoms with van der Waals surface area (Å²) in [7, 11) is 1.61. The van der Waals surface area contributed by atoms with Crippen LogP contribution in [0.15, 0.2) is 78.9 Å². The molecule has 9 rings (SSSR count). The van der Waals surface area contributed by atoms with Crippen molar-refractivity contribution in [2.24, 2.45) is 5.92 Å². The number of nitrogens with one attached hydrogen (secondary N) is 6. The first kappa shape index (κ1) is 65.3. The topological polar surface area (TPSA) is 206 Å². The van der Waals surface area contributed by atoms with Crippen LogP contribution in [0.5, 0.6) is 0 Å². The summed E-state index contributed by atoms with van der Waals surface area (Å²) >= 11 is 0. The van der Waals surface area contributed by atoms with Crippen LogP contribution in [0, 0.1) is 23.4 Å². The van der Waals surface area contributed by atoms with Crippen LogP contribution < -0.4 is 36.8 Å². The maximum atomic E-state index is 14.9. The molecule has 0 spiro atoms. The van der Waals surface area contributed by atoms with Gasteiger partial charge >= 0.3 is 0 Å². The molecule has 5 aliphatic rings. The van der Waals surface area contributed by atoms with E-state index in [-0.39, 0.29) is 98.3 Å². The number of carbonyl (C=O) groups excluding carboxylic acids is 6. The summed E-state index contributed by atoms with van der Waals surface area (Å²) < 4.78 is 55.0. The molecule has 0 aromatic heterocycles. The number of anilines is 3. The molecule has 5 aliphatic heterocycles. The predicted molar refractivity (Wildman–Crippen MR) is 312 cm³/mol. The van der Waals surface area contributed by atoms with Crippen LogP contribution in [-0.4, -0.2) is 160 Å². The number of fused-ring (bicyclic) bond motifs is 2. The highest BCUT2D eigenvalue weighted by atomic mass is 35.5. The monoisotopic (exact) mass is 1200 g/mol. The van der Waals surface area contributed by atoms with Gasteiger partial charge in [-0.15, -0.1) is 37.2 Å². The lowest BCUT2D eigenvalue weighted by Gasteiger charge is -2.43. The quantitative estimate of drug-likeness (QED) is 0.0804. The van der Waals surface area contributed by atoms with Crippen molar-refractivity contribution in [3.8, 4) is 0 Å². The first-order valence-corrected chi connectivity index (χ1v) is 27.2. The Morgan fingerprint density at radius 1 is 0.841 bits per heavy atom. The fraction of sp³-hybridized carbons (Fsp3) is 0.483. The number of morpholine rings is 1. The summed E-state index contributed by atoms with van der Waals surface area (Å²) in [6.07, 6.45) is 1.35. The summed E-state index contributed by atoms with van der Waals surface area (Å²) in [5, 5.41) is 17.3. The SMILES string of the molecule is CN[C@@H](C)C(=O)N[C@H](C(=O)N1Cc2cc(NC(=O)CNC(=O)[C@]3(C)CN(C(=O)CN4C[C@@H](C)NC[C@@H]4CN4CCOC[C@H]4C)c4cc(Cc5ccc(F)cc5)ccc43)ccc2[C@H]1C(=O)Nc1c(F)cccc1F)C1CCOCC1.Cl.Cl.Cl. The number of piperazine rings is 1. The van der Waals surface area contributed by atoms with Gasteiger partial charge in [-0.05, 0) is 130 Å². The van der Waals surface area contributed by atoms with E-state index in [2.05, 4.69) is 55.5 Å². The number of benzene rings is 4. The summed E-state index contributed by atoms with van der Waals surface area (Å²) in [6.45, 7) is 12.0. The Morgan fingerprint density at radius 3 is 2.24 bits per heavy atom. The molecule has 0 unspecified atom stereocenters. The first-order valence-electron chi connectivity index (χ1n) is 27.2. The summed E-state index contributed by atoms with van der Waals surface area (Å²) in [4.78, 5) is 93.0. The van der Waals surface area contributed by atoms with Crippen LogP contribution in [0.3, 0.4) is 0 Å². The lowest BCUT2D eigenvalue weighted by Crippen LogP contribution is -2.62.